The molecule has 2 rings (SSSR count). The number of likely N-dealkylation sites (N-methyl/N-ethyl adjacent to an activating group) is 1. The minimum Gasteiger partial charge on any atom is -0.468 e. The van der Waals surface area contributed by atoms with Gasteiger partial charge < -0.3 is 4.74 Å². The van der Waals surface area contributed by atoms with Gasteiger partial charge in [-0.25, -0.2) is 0 Å². The van der Waals surface area contributed by atoms with Crippen LogP contribution in [0.15, 0.2) is 0 Å². The quantitative estimate of drug-likeness (QED) is 0.569. The van der Waals surface area contributed by atoms with Crippen molar-refractivity contribution in [3.63, 3.8) is 0 Å². The number of esters is 1. The number of carbonyl (C=O) groups excluding carboxylic acids is 1. The molecule has 0 amide bonds. The second-order valence-corrected chi connectivity index (χ2v) is 4.51. The monoisotopic (exact) mass is 183 g/mol. The van der Waals surface area contributed by atoms with Gasteiger partial charge in [0.05, 0.1) is 7.11 Å². The summed E-state index contributed by atoms with van der Waals surface area (Å²) in [4.78, 5) is 13.5. The van der Waals surface area contributed by atoms with Crippen LogP contribution >= 0.6 is 0 Å². The summed E-state index contributed by atoms with van der Waals surface area (Å²) < 4.78 is 4.79. The van der Waals surface area contributed by atoms with E-state index in [9.17, 15) is 4.79 Å². The van der Waals surface area contributed by atoms with Gasteiger partial charge in [-0.15, -0.1) is 0 Å². The molecule has 1 saturated heterocycles. The van der Waals surface area contributed by atoms with Crippen molar-refractivity contribution < 1.29 is 9.53 Å². The average molecular weight is 183 g/mol. The molecule has 1 aliphatic carbocycles. The van der Waals surface area contributed by atoms with Crippen molar-refractivity contribution in [2.75, 3.05) is 20.7 Å². The van der Waals surface area contributed by atoms with E-state index in [1.54, 1.807) is 0 Å². The average Bonchev–Trinajstić information content (AvgIpc) is 2.41. The van der Waals surface area contributed by atoms with E-state index < -0.39 is 0 Å². The summed E-state index contributed by atoms with van der Waals surface area (Å²) in [5.74, 6) is -0.0636. The molecular weight excluding hydrogens is 166 g/mol. The van der Waals surface area contributed by atoms with Crippen LogP contribution in [0, 0.1) is 5.41 Å². The SMILES string of the molecule is COC(=O)[C@H]1CC2(CCC2)CN1C. The molecular formula is C10H17NO2. The van der Waals surface area contributed by atoms with Crippen molar-refractivity contribution in [2.24, 2.45) is 5.41 Å². The molecule has 0 bridgehead atoms. The van der Waals surface area contributed by atoms with E-state index in [1.807, 2.05) is 7.05 Å². The molecule has 1 heterocycles. The highest BCUT2D eigenvalue weighted by molar-refractivity contribution is 5.76. The fourth-order valence-electron chi connectivity index (χ4n) is 2.71. The second-order valence-electron chi connectivity index (χ2n) is 4.51. The Kier molecular flexibility index (Phi) is 2.06. The molecule has 0 aromatic heterocycles. The lowest BCUT2D eigenvalue weighted by Crippen LogP contribution is -2.33. The van der Waals surface area contributed by atoms with Gasteiger partial charge in [-0.2, -0.15) is 0 Å². The molecule has 3 heteroatoms. The highest BCUT2D eigenvalue weighted by Gasteiger charge is 2.48. The lowest BCUT2D eigenvalue weighted by molar-refractivity contribution is -0.145. The lowest BCUT2D eigenvalue weighted by Gasteiger charge is -2.37. The number of hydrogen-bond donors (Lipinski definition) is 0. The van der Waals surface area contributed by atoms with Gasteiger partial charge in [0.2, 0.25) is 0 Å². The largest absolute Gasteiger partial charge is 0.468 e. The molecule has 0 aromatic carbocycles. The van der Waals surface area contributed by atoms with Crippen molar-refractivity contribution in [2.45, 2.75) is 31.7 Å². The molecule has 2 aliphatic rings. The third-order valence-corrected chi connectivity index (χ3v) is 3.63. The topological polar surface area (TPSA) is 29.5 Å². The molecule has 0 unspecified atom stereocenters. The zero-order chi connectivity index (χ0) is 9.47. The van der Waals surface area contributed by atoms with Gasteiger partial charge in [-0.3, -0.25) is 9.69 Å². The summed E-state index contributed by atoms with van der Waals surface area (Å²) in [6.45, 7) is 1.08. The summed E-state index contributed by atoms with van der Waals surface area (Å²) in [5, 5.41) is 0. The van der Waals surface area contributed by atoms with Crippen LogP contribution < -0.4 is 0 Å². The van der Waals surface area contributed by atoms with Gasteiger partial charge >= 0.3 is 5.97 Å². The van der Waals surface area contributed by atoms with Crippen LogP contribution in [0.3, 0.4) is 0 Å². The Morgan fingerprint density at radius 2 is 2.23 bits per heavy atom. The molecule has 74 valence electrons. The number of rotatable bonds is 1. The van der Waals surface area contributed by atoms with Crippen LogP contribution in [0.4, 0.5) is 0 Å². The van der Waals surface area contributed by atoms with E-state index in [1.165, 1.54) is 26.4 Å². The van der Waals surface area contributed by atoms with Gasteiger partial charge in [-0.05, 0) is 31.7 Å². The Morgan fingerprint density at radius 3 is 2.62 bits per heavy atom. The minimum atomic E-state index is -0.0636. The van der Waals surface area contributed by atoms with Crippen LogP contribution in [0.1, 0.15) is 25.7 Å². The Labute approximate surface area is 79.0 Å². The van der Waals surface area contributed by atoms with Crippen molar-refractivity contribution in [3.8, 4) is 0 Å². The Hall–Kier alpha value is -0.570. The van der Waals surface area contributed by atoms with Crippen LogP contribution in [-0.4, -0.2) is 37.6 Å². The van der Waals surface area contributed by atoms with Gasteiger partial charge in [0.1, 0.15) is 6.04 Å². The molecule has 0 N–H and O–H groups in total. The fourth-order valence-corrected chi connectivity index (χ4v) is 2.71. The maximum atomic E-state index is 11.4. The molecule has 1 saturated carbocycles. The molecule has 1 spiro atoms. The first-order valence-corrected chi connectivity index (χ1v) is 4.95. The smallest absolute Gasteiger partial charge is 0.323 e. The minimum absolute atomic E-state index is 0.0188. The van der Waals surface area contributed by atoms with Gasteiger partial charge in [0.15, 0.2) is 0 Å². The first-order chi connectivity index (χ1) is 6.17. The highest BCUT2D eigenvalue weighted by atomic mass is 16.5. The molecule has 0 radical (unpaired) electrons. The summed E-state index contributed by atoms with van der Waals surface area (Å²) in [6.07, 6.45) is 4.94. The normalized spacial score (nSPS) is 31.7. The number of ether oxygens (including phenoxy) is 1. The fraction of sp³-hybridized carbons (Fsp3) is 0.900. The highest BCUT2D eigenvalue weighted by Crippen LogP contribution is 2.49. The Balaban J connectivity index is 2.03. The maximum Gasteiger partial charge on any atom is 0.323 e. The first-order valence-electron chi connectivity index (χ1n) is 4.95. The number of hydrogen-bond acceptors (Lipinski definition) is 3. The second kappa shape index (κ2) is 2.98. The van der Waals surface area contributed by atoms with Crippen molar-refractivity contribution in [1.29, 1.82) is 0 Å². The molecule has 1 atom stereocenters. The van der Waals surface area contributed by atoms with Gasteiger partial charge in [0, 0.05) is 6.54 Å². The number of likely N-dealkylation sites (tertiary alicyclic amines) is 1. The zero-order valence-corrected chi connectivity index (χ0v) is 8.38. The third kappa shape index (κ3) is 1.35. The maximum absolute atomic E-state index is 11.4. The summed E-state index contributed by atoms with van der Waals surface area (Å²) in [7, 11) is 3.50. The van der Waals surface area contributed by atoms with Gasteiger partial charge in [0.25, 0.3) is 0 Å². The van der Waals surface area contributed by atoms with E-state index >= 15 is 0 Å². The van der Waals surface area contributed by atoms with E-state index in [2.05, 4.69) is 4.90 Å². The number of methoxy groups -OCH3 is 1. The van der Waals surface area contributed by atoms with E-state index in [-0.39, 0.29) is 12.0 Å². The van der Waals surface area contributed by atoms with Crippen LogP contribution in [0.25, 0.3) is 0 Å². The van der Waals surface area contributed by atoms with Crippen LogP contribution in [-0.2, 0) is 9.53 Å². The third-order valence-electron chi connectivity index (χ3n) is 3.63. The molecule has 0 aromatic rings. The molecule has 1 aliphatic heterocycles. The van der Waals surface area contributed by atoms with Crippen molar-refractivity contribution in [1.82, 2.24) is 4.90 Å². The van der Waals surface area contributed by atoms with E-state index in [0.29, 0.717) is 5.41 Å². The standard InChI is InChI=1S/C10H17NO2/c1-11-7-10(4-3-5-10)6-8(11)9(12)13-2/h8H,3-7H2,1-2H3/t8-/m1/s1. The predicted octanol–water partition coefficient (Wildman–Crippen LogP) is 1.03. The summed E-state index contributed by atoms with van der Waals surface area (Å²) in [6, 6.07) is 0.0188. The van der Waals surface area contributed by atoms with E-state index in [4.69, 9.17) is 4.74 Å². The van der Waals surface area contributed by atoms with Crippen LogP contribution in [0.2, 0.25) is 0 Å². The summed E-state index contributed by atoms with van der Waals surface area (Å²) >= 11 is 0. The number of nitrogens with zero attached hydrogens (tertiary/aromatic N) is 1. The molecule has 13 heavy (non-hydrogen) atoms. The van der Waals surface area contributed by atoms with E-state index in [0.717, 1.165) is 13.0 Å². The van der Waals surface area contributed by atoms with Gasteiger partial charge in [-0.1, -0.05) is 6.42 Å². The first kappa shape index (κ1) is 9.00. The Bertz CT molecular complexity index is 223. The Morgan fingerprint density at radius 1 is 1.54 bits per heavy atom. The van der Waals surface area contributed by atoms with Crippen molar-refractivity contribution in [3.05, 3.63) is 0 Å². The van der Waals surface area contributed by atoms with Crippen molar-refractivity contribution >= 4 is 5.97 Å². The molecule has 3 nitrogen and oxygen atoms in total. The number of carbonyl (C=O) groups is 1. The predicted molar refractivity (Wildman–Crippen MR) is 49.3 cm³/mol. The molecule has 2 fully saturated rings. The summed E-state index contributed by atoms with van der Waals surface area (Å²) in [5.41, 5.74) is 0.466. The van der Waals surface area contributed by atoms with Crippen LogP contribution in [0.5, 0.6) is 0 Å². The zero-order valence-electron chi connectivity index (χ0n) is 8.38. The lowest BCUT2D eigenvalue weighted by atomic mass is 9.67.